The second-order valence-electron chi connectivity index (χ2n) is 8.62. The number of hydrogen-bond donors (Lipinski definition) is 3. The van der Waals surface area contributed by atoms with E-state index in [1.807, 2.05) is 19.1 Å². The molecule has 1 fully saturated rings. The van der Waals surface area contributed by atoms with Gasteiger partial charge in [0.15, 0.2) is 0 Å². The van der Waals surface area contributed by atoms with Crippen LogP contribution < -0.4 is 15.4 Å². The molecule has 28 heavy (non-hydrogen) atoms. The minimum atomic E-state index is -0.535. The van der Waals surface area contributed by atoms with Gasteiger partial charge < -0.3 is 20.5 Å². The highest BCUT2D eigenvalue weighted by atomic mass is 16.5. The Morgan fingerprint density at radius 1 is 1.18 bits per heavy atom. The number of nitrogens with one attached hydrogen (secondary N) is 2. The van der Waals surface area contributed by atoms with E-state index in [0.717, 1.165) is 17.9 Å². The Balaban J connectivity index is 1.76. The molecular weight excluding hydrogens is 352 g/mol. The van der Waals surface area contributed by atoms with Crippen LogP contribution in [0.1, 0.15) is 88.7 Å². The van der Waals surface area contributed by atoms with Crippen molar-refractivity contribution in [2.75, 3.05) is 18.5 Å². The summed E-state index contributed by atoms with van der Waals surface area (Å²) in [6.07, 6.45) is 7.05. The summed E-state index contributed by atoms with van der Waals surface area (Å²) in [4.78, 5) is 12.2. The Labute approximate surface area is 169 Å². The lowest BCUT2D eigenvalue weighted by Gasteiger charge is -2.41. The van der Waals surface area contributed by atoms with E-state index in [9.17, 15) is 9.90 Å². The van der Waals surface area contributed by atoms with E-state index in [-0.39, 0.29) is 12.5 Å². The molecule has 0 aromatic heterocycles. The van der Waals surface area contributed by atoms with Crippen LogP contribution in [0, 0.1) is 0 Å². The maximum atomic E-state index is 12.2. The number of rotatable bonds is 9. The van der Waals surface area contributed by atoms with Crippen molar-refractivity contribution < 1.29 is 14.6 Å². The number of benzene rings is 1. The maximum absolute atomic E-state index is 12.2. The van der Waals surface area contributed by atoms with E-state index in [1.54, 1.807) is 0 Å². The lowest BCUT2D eigenvalue weighted by Crippen LogP contribution is -2.35. The Kier molecular flexibility index (Phi) is 7.36. The van der Waals surface area contributed by atoms with Crippen molar-refractivity contribution in [3.63, 3.8) is 0 Å². The monoisotopic (exact) mass is 388 g/mol. The minimum Gasteiger partial charge on any atom is -0.491 e. The number of carbonyl (C=O) groups excluding carboxylic acids is 1. The highest BCUT2D eigenvalue weighted by Gasteiger charge is 2.42. The summed E-state index contributed by atoms with van der Waals surface area (Å²) in [5.41, 5.74) is 3.51. The van der Waals surface area contributed by atoms with Gasteiger partial charge in [0.05, 0.1) is 0 Å². The van der Waals surface area contributed by atoms with Gasteiger partial charge >= 0.3 is 0 Å². The van der Waals surface area contributed by atoms with Gasteiger partial charge in [0.1, 0.15) is 18.5 Å². The van der Waals surface area contributed by atoms with Crippen molar-refractivity contribution in [1.82, 2.24) is 5.32 Å². The Morgan fingerprint density at radius 2 is 1.89 bits per heavy atom. The molecule has 0 aliphatic heterocycles. The van der Waals surface area contributed by atoms with Gasteiger partial charge in [0.25, 0.3) is 0 Å². The zero-order valence-electron chi connectivity index (χ0n) is 17.6. The predicted octanol–water partition coefficient (Wildman–Crippen LogP) is 4.31. The van der Waals surface area contributed by atoms with Crippen molar-refractivity contribution in [2.45, 2.75) is 89.7 Å². The summed E-state index contributed by atoms with van der Waals surface area (Å²) < 4.78 is 6.06. The van der Waals surface area contributed by atoms with Crippen molar-refractivity contribution in [3.05, 3.63) is 23.3 Å². The van der Waals surface area contributed by atoms with E-state index in [1.165, 1.54) is 43.2 Å². The molecule has 156 valence electrons. The molecule has 1 unspecified atom stereocenters. The van der Waals surface area contributed by atoms with Gasteiger partial charge in [0, 0.05) is 30.3 Å². The van der Waals surface area contributed by atoms with Crippen LogP contribution in [0.15, 0.2) is 12.1 Å². The van der Waals surface area contributed by atoms with Gasteiger partial charge in [0.2, 0.25) is 5.91 Å². The smallest absolute Gasteiger partial charge is 0.224 e. The van der Waals surface area contributed by atoms with Crippen LogP contribution in [0.4, 0.5) is 5.69 Å². The largest absolute Gasteiger partial charge is 0.491 e. The number of anilines is 1. The molecule has 1 saturated carbocycles. The van der Waals surface area contributed by atoms with Gasteiger partial charge in [-0.05, 0) is 48.8 Å². The molecule has 3 atom stereocenters. The van der Waals surface area contributed by atoms with Crippen molar-refractivity contribution >= 4 is 11.6 Å². The SMILES string of the molecule is CCCC(=O)Nc1ccc(OCC(O)CNC(C)C)c2c1[C@H]1CCCCC[C@@H]21. The standard InChI is InChI=1S/C23H36N2O3/c1-4-8-21(27)25-19-11-12-20(28-14-16(26)13-24-15(2)3)23-18-10-7-5-6-9-17(18)22(19)23/h11-12,15-18,24,26H,4-10,13-14H2,1-3H3,(H,25,27)/t16?,17-,18+/m0/s1. The van der Waals surface area contributed by atoms with E-state index < -0.39 is 6.10 Å². The molecular formula is C23H36N2O3. The summed E-state index contributed by atoms with van der Waals surface area (Å²) in [5.74, 6) is 2.04. The first-order valence-corrected chi connectivity index (χ1v) is 11.0. The third-order valence-corrected chi connectivity index (χ3v) is 5.95. The molecule has 1 amide bonds. The first-order valence-electron chi connectivity index (χ1n) is 11.0. The second-order valence-corrected chi connectivity index (χ2v) is 8.62. The number of aliphatic hydroxyl groups is 1. The molecule has 0 saturated heterocycles. The summed E-state index contributed by atoms with van der Waals surface area (Å²) in [6, 6.07) is 4.31. The van der Waals surface area contributed by atoms with Crippen LogP contribution >= 0.6 is 0 Å². The highest BCUT2D eigenvalue weighted by Crippen LogP contribution is 2.59. The van der Waals surface area contributed by atoms with Crippen LogP contribution in [-0.2, 0) is 4.79 Å². The van der Waals surface area contributed by atoms with Crippen LogP contribution in [0.2, 0.25) is 0 Å². The molecule has 1 aromatic rings. The maximum Gasteiger partial charge on any atom is 0.224 e. The first kappa shape index (κ1) is 21.1. The summed E-state index contributed by atoms with van der Waals surface area (Å²) in [6.45, 7) is 6.96. The average Bonchev–Trinajstić information content (AvgIpc) is 2.85. The number of amides is 1. The lowest BCUT2D eigenvalue weighted by atomic mass is 9.64. The molecule has 0 heterocycles. The van der Waals surface area contributed by atoms with Crippen LogP contribution in [0.3, 0.4) is 0 Å². The zero-order chi connectivity index (χ0) is 20.1. The first-order chi connectivity index (χ1) is 13.5. The molecule has 2 aliphatic rings. The molecule has 5 nitrogen and oxygen atoms in total. The summed E-state index contributed by atoms with van der Waals surface area (Å²) in [5, 5.41) is 16.6. The molecule has 1 aromatic carbocycles. The van der Waals surface area contributed by atoms with E-state index in [4.69, 9.17) is 4.74 Å². The molecule has 0 radical (unpaired) electrons. The van der Waals surface area contributed by atoms with Gasteiger partial charge in [-0.2, -0.15) is 0 Å². The summed E-state index contributed by atoms with van der Waals surface area (Å²) in [7, 11) is 0. The number of fused-ring (bicyclic) bond motifs is 4. The normalized spacial score (nSPS) is 21.9. The van der Waals surface area contributed by atoms with Gasteiger partial charge in [-0.25, -0.2) is 0 Å². The molecule has 3 N–H and O–H groups in total. The Bertz CT molecular complexity index is 674. The average molecular weight is 389 g/mol. The van der Waals surface area contributed by atoms with E-state index in [0.29, 0.717) is 30.8 Å². The fourth-order valence-corrected chi connectivity index (χ4v) is 4.59. The predicted molar refractivity (Wildman–Crippen MR) is 113 cm³/mol. The molecule has 3 rings (SSSR count). The highest BCUT2D eigenvalue weighted by molar-refractivity contribution is 5.92. The molecule has 2 aliphatic carbocycles. The van der Waals surface area contributed by atoms with E-state index in [2.05, 4.69) is 24.5 Å². The Morgan fingerprint density at radius 3 is 2.57 bits per heavy atom. The van der Waals surface area contributed by atoms with Crippen LogP contribution in [-0.4, -0.2) is 36.3 Å². The zero-order valence-corrected chi connectivity index (χ0v) is 17.6. The van der Waals surface area contributed by atoms with Crippen LogP contribution in [0.25, 0.3) is 0 Å². The van der Waals surface area contributed by atoms with Crippen LogP contribution in [0.5, 0.6) is 5.75 Å². The van der Waals surface area contributed by atoms with Crippen molar-refractivity contribution in [1.29, 1.82) is 0 Å². The van der Waals surface area contributed by atoms with Crippen molar-refractivity contribution in [3.8, 4) is 5.75 Å². The quantitative estimate of drug-likeness (QED) is 0.590. The van der Waals surface area contributed by atoms with Gasteiger partial charge in [-0.3, -0.25) is 4.79 Å². The fourth-order valence-electron chi connectivity index (χ4n) is 4.59. The third kappa shape index (κ3) is 4.87. The van der Waals surface area contributed by atoms with Gasteiger partial charge in [-0.15, -0.1) is 0 Å². The molecule has 0 spiro atoms. The number of carbonyl (C=O) groups is 1. The van der Waals surface area contributed by atoms with Crippen molar-refractivity contribution in [2.24, 2.45) is 0 Å². The summed E-state index contributed by atoms with van der Waals surface area (Å²) >= 11 is 0. The lowest BCUT2D eigenvalue weighted by molar-refractivity contribution is -0.116. The number of hydrogen-bond acceptors (Lipinski definition) is 4. The number of ether oxygens (including phenoxy) is 1. The fraction of sp³-hybridized carbons (Fsp3) is 0.696. The topological polar surface area (TPSA) is 70.6 Å². The second kappa shape index (κ2) is 9.75. The molecule has 0 bridgehead atoms. The van der Waals surface area contributed by atoms with Gasteiger partial charge in [-0.1, -0.05) is 40.0 Å². The number of aliphatic hydroxyl groups excluding tert-OH is 1. The third-order valence-electron chi connectivity index (χ3n) is 5.95. The Hall–Kier alpha value is -1.59. The van der Waals surface area contributed by atoms with E-state index >= 15 is 0 Å². The molecule has 5 heteroatoms. The minimum absolute atomic E-state index is 0.0885.